The summed E-state index contributed by atoms with van der Waals surface area (Å²) in [6.45, 7) is 9.08. The van der Waals surface area contributed by atoms with Gasteiger partial charge in [0.25, 0.3) is 0 Å². The van der Waals surface area contributed by atoms with Gasteiger partial charge in [-0.15, -0.1) is 0 Å². The third-order valence-corrected chi connectivity index (χ3v) is 9.35. The number of likely N-dealkylation sites (N-methyl/N-ethyl adjacent to an activating group) is 2. The summed E-state index contributed by atoms with van der Waals surface area (Å²) in [5.74, 6) is -1.17. The minimum absolute atomic E-state index is 0.0241. The van der Waals surface area contributed by atoms with Crippen LogP contribution in [0.15, 0.2) is 85.5 Å². The Morgan fingerprint density at radius 3 is 2.00 bits per heavy atom. The van der Waals surface area contributed by atoms with Crippen molar-refractivity contribution in [2.24, 2.45) is 5.92 Å². The second kappa shape index (κ2) is 16.8. The third kappa shape index (κ3) is 8.49. The van der Waals surface area contributed by atoms with Crippen molar-refractivity contribution in [2.45, 2.75) is 57.7 Å². The monoisotopic (exact) mass is 669 g/mol. The Morgan fingerprint density at radius 2 is 1.45 bits per heavy atom. The van der Waals surface area contributed by atoms with Gasteiger partial charge < -0.3 is 29.3 Å². The fourth-order valence-electron chi connectivity index (χ4n) is 6.24. The molecule has 0 aromatic heterocycles. The van der Waals surface area contributed by atoms with Crippen LogP contribution in [0.5, 0.6) is 5.75 Å². The average molecular weight is 670 g/mol. The second-order valence-corrected chi connectivity index (χ2v) is 12.4. The number of rotatable bonds is 15. The quantitative estimate of drug-likeness (QED) is 0.166. The lowest BCUT2D eigenvalue weighted by atomic mass is 9.97. The number of carbonyl (C=O) groups excluding carboxylic acids is 4. The lowest BCUT2D eigenvalue weighted by Crippen LogP contribution is -2.57. The van der Waals surface area contributed by atoms with E-state index in [1.807, 2.05) is 62.4 Å². The first-order chi connectivity index (χ1) is 23.5. The van der Waals surface area contributed by atoms with Crippen LogP contribution in [0.1, 0.15) is 49.8 Å². The molecule has 260 valence electrons. The zero-order chi connectivity index (χ0) is 35.7. The maximum atomic E-state index is 14.1. The van der Waals surface area contributed by atoms with Gasteiger partial charge in [-0.1, -0.05) is 93.6 Å². The number of esters is 1. The van der Waals surface area contributed by atoms with Crippen molar-refractivity contribution in [3.63, 3.8) is 0 Å². The van der Waals surface area contributed by atoms with E-state index < -0.39 is 42.0 Å². The molecular formula is C39H47N3O7. The molecule has 3 aromatic rings. The highest BCUT2D eigenvalue weighted by molar-refractivity contribution is 5.93. The minimum atomic E-state index is -1.06. The summed E-state index contributed by atoms with van der Waals surface area (Å²) in [6.07, 6.45) is 1.48. The molecule has 0 bridgehead atoms. The Balaban J connectivity index is 1.51. The fourth-order valence-corrected chi connectivity index (χ4v) is 6.24. The maximum absolute atomic E-state index is 14.1. The Morgan fingerprint density at radius 1 is 0.857 bits per heavy atom. The van der Waals surface area contributed by atoms with Crippen molar-refractivity contribution in [3.05, 3.63) is 102 Å². The molecule has 1 N–H and O–H groups in total. The van der Waals surface area contributed by atoms with Crippen molar-refractivity contribution in [3.8, 4) is 16.9 Å². The van der Waals surface area contributed by atoms with Crippen molar-refractivity contribution in [1.29, 1.82) is 0 Å². The number of nitrogens with one attached hydrogen (secondary N) is 1. The van der Waals surface area contributed by atoms with Crippen LogP contribution in [0.2, 0.25) is 0 Å². The number of nitrogens with zero attached hydrogens (tertiary/aromatic N) is 2. The molecule has 0 fully saturated rings. The van der Waals surface area contributed by atoms with E-state index in [2.05, 4.69) is 24.0 Å². The topological polar surface area (TPSA) is 114 Å². The van der Waals surface area contributed by atoms with Crippen LogP contribution >= 0.6 is 0 Å². The molecule has 4 rings (SSSR count). The van der Waals surface area contributed by atoms with Gasteiger partial charge in [-0.2, -0.15) is 0 Å². The number of benzene rings is 3. The van der Waals surface area contributed by atoms with E-state index >= 15 is 0 Å². The average Bonchev–Trinajstić information content (AvgIpc) is 3.45. The van der Waals surface area contributed by atoms with Crippen molar-refractivity contribution in [1.82, 2.24) is 15.1 Å². The number of amides is 3. The highest BCUT2D eigenvalue weighted by atomic mass is 16.5. The summed E-state index contributed by atoms with van der Waals surface area (Å²) in [4.78, 5) is 56.7. The molecule has 0 heterocycles. The van der Waals surface area contributed by atoms with Gasteiger partial charge in [0.05, 0.1) is 7.11 Å². The van der Waals surface area contributed by atoms with Crippen LogP contribution in [0.4, 0.5) is 4.79 Å². The van der Waals surface area contributed by atoms with Crippen molar-refractivity contribution >= 4 is 23.9 Å². The number of alkyl carbamates (subject to hydrolysis) is 1. The summed E-state index contributed by atoms with van der Waals surface area (Å²) in [5, 5.41) is 2.77. The zero-order valence-electron chi connectivity index (χ0n) is 29.2. The summed E-state index contributed by atoms with van der Waals surface area (Å²) >= 11 is 0. The Kier molecular flexibility index (Phi) is 12.6. The molecular weight excluding hydrogens is 622 g/mol. The molecule has 3 amide bonds. The molecule has 4 atom stereocenters. The first kappa shape index (κ1) is 36.7. The van der Waals surface area contributed by atoms with Crippen LogP contribution in [-0.2, 0) is 30.3 Å². The molecule has 10 heteroatoms. The third-order valence-electron chi connectivity index (χ3n) is 9.35. The van der Waals surface area contributed by atoms with Crippen LogP contribution < -0.4 is 10.1 Å². The molecule has 0 spiro atoms. The smallest absolute Gasteiger partial charge is 0.407 e. The summed E-state index contributed by atoms with van der Waals surface area (Å²) < 4.78 is 16.3. The Labute approximate surface area is 289 Å². The predicted molar refractivity (Wildman–Crippen MR) is 188 cm³/mol. The molecule has 3 aromatic carbocycles. The Bertz CT molecular complexity index is 1590. The number of hydrogen-bond acceptors (Lipinski definition) is 7. The maximum Gasteiger partial charge on any atom is 0.407 e. The lowest BCUT2D eigenvalue weighted by molar-refractivity contribution is -0.158. The highest BCUT2D eigenvalue weighted by Crippen LogP contribution is 2.44. The number of carbonyl (C=O) groups is 4. The van der Waals surface area contributed by atoms with Crippen LogP contribution in [0, 0.1) is 5.92 Å². The van der Waals surface area contributed by atoms with E-state index in [0.29, 0.717) is 12.2 Å². The second-order valence-electron chi connectivity index (χ2n) is 12.4. The van der Waals surface area contributed by atoms with Gasteiger partial charge in [-0.05, 0) is 52.8 Å². The van der Waals surface area contributed by atoms with Crippen molar-refractivity contribution in [2.75, 3.05) is 34.4 Å². The van der Waals surface area contributed by atoms with Gasteiger partial charge >= 0.3 is 12.1 Å². The summed E-state index contributed by atoms with van der Waals surface area (Å²) in [7, 11) is 4.61. The minimum Gasteiger partial charge on any atom is -0.497 e. The first-order valence-corrected chi connectivity index (χ1v) is 16.6. The van der Waals surface area contributed by atoms with Gasteiger partial charge in [0.1, 0.15) is 37.1 Å². The molecule has 0 radical (unpaired) electrons. The van der Waals surface area contributed by atoms with E-state index in [1.54, 1.807) is 26.2 Å². The molecule has 0 unspecified atom stereocenters. The van der Waals surface area contributed by atoms with Gasteiger partial charge in [-0.3, -0.25) is 9.59 Å². The molecule has 1 aliphatic carbocycles. The molecule has 49 heavy (non-hydrogen) atoms. The van der Waals surface area contributed by atoms with Crippen LogP contribution in [0.3, 0.4) is 0 Å². The van der Waals surface area contributed by atoms with E-state index in [0.717, 1.165) is 27.8 Å². The molecule has 0 saturated carbocycles. The number of fused-ring (bicyclic) bond motifs is 3. The first-order valence-electron chi connectivity index (χ1n) is 16.6. The summed E-state index contributed by atoms with van der Waals surface area (Å²) in [5.41, 5.74) is 5.12. The molecule has 0 aliphatic heterocycles. The van der Waals surface area contributed by atoms with Crippen molar-refractivity contribution < 1.29 is 33.4 Å². The largest absolute Gasteiger partial charge is 0.497 e. The van der Waals surface area contributed by atoms with E-state index in [1.165, 1.54) is 30.0 Å². The van der Waals surface area contributed by atoms with E-state index in [-0.39, 0.29) is 31.5 Å². The molecule has 0 saturated heterocycles. The van der Waals surface area contributed by atoms with E-state index in [9.17, 15) is 19.2 Å². The predicted octanol–water partition coefficient (Wildman–Crippen LogP) is 5.59. The van der Waals surface area contributed by atoms with Crippen LogP contribution in [-0.4, -0.2) is 86.2 Å². The zero-order valence-corrected chi connectivity index (χ0v) is 29.2. The Hall–Kier alpha value is -5.12. The standard InChI is InChI=1S/C39H47N3O7/c1-8-22-48-38(45)35(25(3)9-2)42(6)36(43)26(4)41(5)37(44)34(23-27-18-20-28(47-7)21-19-27)40-39(46)49-24-33-31-16-12-10-14-29(31)30-15-11-13-17-32(30)33/h8,10-21,25-26,33-35H,1,9,22-24H2,2-7H3,(H,40,46)/t25-,26-,34-,35-/m0/s1. The summed E-state index contributed by atoms with van der Waals surface area (Å²) in [6, 6.07) is 20.4. The fraction of sp³-hybridized carbons (Fsp3) is 0.385. The number of ether oxygens (including phenoxy) is 3. The SMILES string of the molecule is C=CCOC(=O)[C@H]([C@@H](C)CC)N(C)C(=O)[C@H](C)N(C)C(=O)[C@H](Cc1ccc(OC)cc1)NC(=O)OCC1c2ccccc2-c2ccccc21. The van der Waals surface area contributed by atoms with Gasteiger partial charge in [0.15, 0.2) is 0 Å². The molecule has 10 nitrogen and oxygen atoms in total. The normalized spacial score (nSPS) is 14.2. The van der Waals surface area contributed by atoms with E-state index in [4.69, 9.17) is 14.2 Å². The van der Waals surface area contributed by atoms with Gasteiger partial charge in [0.2, 0.25) is 11.8 Å². The highest BCUT2D eigenvalue weighted by Gasteiger charge is 2.38. The van der Waals surface area contributed by atoms with Gasteiger partial charge in [-0.25, -0.2) is 9.59 Å². The molecule has 1 aliphatic rings. The number of methoxy groups -OCH3 is 1. The van der Waals surface area contributed by atoms with Crippen LogP contribution in [0.25, 0.3) is 11.1 Å². The van der Waals surface area contributed by atoms with Gasteiger partial charge in [0, 0.05) is 26.4 Å². The number of hydrogen-bond donors (Lipinski definition) is 1. The lowest BCUT2D eigenvalue weighted by Gasteiger charge is -2.35.